The van der Waals surface area contributed by atoms with E-state index in [1.54, 1.807) is 7.11 Å². The van der Waals surface area contributed by atoms with Crippen molar-refractivity contribution in [2.75, 3.05) is 20.3 Å². The molecular weight excluding hydrogens is 290 g/mol. The molecule has 0 saturated heterocycles. The lowest BCUT2D eigenvalue weighted by Gasteiger charge is -2.44. The number of nitrogens with zero attached hydrogens (tertiary/aromatic N) is 1. The zero-order valence-electron chi connectivity index (χ0n) is 14.8. The van der Waals surface area contributed by atoms with Crippen molar-refractivity contribution in [2.45, 2.75) is 45.6 Å². The van der Waals surface area contributed by atoms with Crippen LogP contribution in [-0.2, 0) is 10.2 Å². The highest BCUT2D eigenvalue weighted by atomic mass is 16.6. The minimum absolute atomic E-state index is 0.0694. The minimum atomic E-state index is -0.233. The summed E-state index contributed by atoms with van der Waals surface area (Å²) in [6.45, 7) is 9.34. The van der Waals surface area contributed by atoms with Crippen molar-refractivity contribution in [1.82, 2.24) is 4.90 Å². The van der Waals surface area contributed by atoms with E-state index in [-0.39, 0.29) is 17.6 Å². The van der Waals surface area contributed by atoms with Crippen LogP contribution in [0.4, 0.5) is 4.79 Å². The fourth-order valence-electron chi connectivity index (χ4n) is 3.15. The van der Waals surface area contributed by atoms with E-state index in [1.165, 1.54) is 11.1 Å². The monoisotopic (exact) mass is 317 g/mol. The number of carbonyl (C=O) groups excluding carboxylic acids is 1. The standard InChI is InChI=1S/C19H27NO3/c1-6-23-18(21)20-12-11-14(2)13-17(20)19(3,4)15-7-9-16(22-5)10-8-15/h7-11,17H,6,12-13H2,1-5H3. The molecule has 0 aliphatic carbocycles. The Kier molecular flexibility index (Phi) is 5.34. The molecule has 126 valence electrons. The average Bonchev–Trinajstić information content (AvgIpc) is 2.55. The van der Waals surface area contributed by atoms with Gasteiger partial charge in [0.05, 0.1) is 13.7 Å². The van der Waals surface area contributed by atoms with Crippen molar-refractivity contribution in [3.63, 3.8) is 0 Å². The van der Waals surface area contributed by atoms with Gasteiger partial charge < -0.3 is 14.4 Å². The molecule has 1 aliphatic heterocycles. The summed E-state index contributed by atoms with van der Waals surface area (Å²) in [5.41, 5.74) is 2.32. The summed E-state index contributed by atoms with van der Waals surface area (Å²) in [5.74, 6) is 0.839. The van der Waals surface area contributed by atoms with Gasteiger partial charge in [-0.3, -0.25) is 0 Å². The predicted octanol–water partition coefficient (Wildman–Crippen LogP) is 4.15. The predicted molar refractivity (Wildman–Crippen MR) is 91.9 cm³/mol. The third-order valence-corrected chi connectivity index (χ3v) is 4.70. The Morgan fingerprint density at radius 2 is 1.96 bits per heavy atom. The van der Waals surface area contributed by atoms with E-state index in [4.69, 9.17) is 9.47 Å². The van der Waals surface area contributed by atoms with E-state index in [0.717, 1.165) is 12.2 Å². The van der Waals surface area contributed by atoms with Crippen LogP contribution in [0.5, 0.6) is 5.75 Å². The molecule has 0 N–H and O–H groups in total. The second-order valence-corrected chi connectivity index (χ2v) is 6.57. The lowest BCUT2D eigenvalue weighted by atomic mass is 9.73. The van der Waals surface area contributed by atoms with E-state index in [9.17, 15) is 4.79 Å². The van der Waals surface area contributed by atoms with Crippen LogP contribution in [0.3, 0.4) is 0 Å². The first-order chi connectivity index (χ1) is 10.9. The molecule has 2 rings (SSSR count). The van der Waals surface area contributed by atoms with E-state index in [0.29, 0.717) is 13.2 Å². The van der Waals surface area contributed by atoms with Crippen LogP contribution < -0.4 is 4.74 Å². The largest absolute Gasteiger partial charge is 0.497 e. The van der Waals surface area contributed by atoms with Crippen molar-refractivity contribution >= 4 is 6.09 Å². The van der Waals surface area contributed by atoms with Gasteiger partial charge in [-0.05, 0) is 38.0 Å². The van der Waals surface area contributed by atoms with Crippen LogP contribution in [0.15, 0.2) is 35.9 Å². The molecule has 1 aromatic rings. The summed E-state index contributed by atoms with van der Waals surface area (Å²) in [6, 6.07) is 8.17. The number of amides is 1. The van der Waals surface area contributed by atoms with Gasteiger partial charge in [-0.15, -0.1) is 0 Å². The molecule has 4 nitrogen and oxygen atoms in total. The van der Waals surface area contributed by atoms with Crippen LogP contribution in [0.25, 0.3) is 0 Å². The summed E-state index contributed by atoms with van der Waals surface area (Å²) in [6.07, 6.45) is 2.73. The summed E-state index contributed by atoms with van der Waals surface area (Å²) in [4.78, 5) is 14.2. The number of methoxy groups -OCH3 is 1. The highest BCUT2D eigenvalue weighted by Crippen LogP contribution is 2.36. The van der Waals surface area contributed by atoms with E-state index in [2.05, 4.69) is 39.0 Å². The molecule has 0 spiro atoms. The Balaban J connectivity index is 2.32. The Hall–Kier alpha value is -1.97. The Morgan fingerprint density at radius 3 is 2.52 bits per heavy atom. The molecule has 1 amide bonds. The molecule has 1 unspecified atom stereocenters. The third kappa shape index (κ3) is 3.69. The van der Waals surface area contributed by atoms with E-state index in [1.807, 2.05) is 24.0 Å². The van der Waals surface area contributed by atoms with Gasteiger partial charge in [-0.1, -0.05) is 37.6 Å². The van der Waals surface area contributed by atoms with Crippen LogP contribution in [0.1, 0.15) is 39.7 Å². The second-order valence-electron chi connectivity index (χ2n) is 6.57. The van der Waals surface area contributed by atoms with E-state index < -0.39 is 0 Å². The third-order valence-electron chi connectivity index (χ3n) is 4.70. The lowest BCUT2D eigenvalue weighted by Crippen LogP contribution is -2.52. The summed E-state index contributed by atoms with van der Waals surface area (Å²) in [5, 5.41) is 0. The molecule has 1 aliphatic rings. The van der Waals surface area contributed by atoms with Crippen LogP contribution in [-0.4, -0.2) is 37.3 Å². The highest BCUT2D eigenvalue weighted by Gasteiger charge is 2.39. The topological polar surface area (TPSA) is 38.8 Å². The number of hydrogen-bond donors (Lipinski definition) is 0. The number of benzene rings is 1. The molecule has 1 aromatic carbocycles. The summed E-state index contributed by atoms with van der Waals surface area (Å²) >= 11 is 0. The van der Waals surface area contributed by atoms with Gasteiger partial charge in [-0.2, -0.15) is 0 Å². The Morgan fingerprint density at radius 1 is 1.30 bits per heavy atom. The van der Waals surface area contributed by atoms with Crippen molar-refractivity contribution in [2.24, 2.45) is 0 Å². The van der Waals surface area contributed by atoms with Gasteiger partial charge in [0.25, 0.3) is 0 Å². The highest BCUT2D eigenvalue weighted by molar-refractivity contribution is 5.69. The van der Waals surface area contributed by atoms with Gasteiger partial charge in [-0.25, -0.2) is 4.79 Å². The maximum atomic E-state index is 12.3. The van der Waals surface area contributed by atoms with Gasteiger partial charge in [0.1, 0.15) is 5.75 Å². The first-order valence-corrected chi connectivity index (χ1v) is 8.13. The molecule has 0 fully saturated rings. The normalized spacial score (nSPS) is 18.4. The molecular formula is C19H27NO3. The first-order valence-electron chi connectivity index (χ1n) is 8.13. The van der Waals surface area contributed by atoms with Crippen molar-refractivity contribution in [1.29, 1.82) is 0 Å². The van der Waals surface area contributed by atoms with Gasteiger partial charge >= 0.3 is 6.09 Å². The van der Waals surface area contributed by atoms with Gasteiger partial charge in [0.2, 0.25) is 0 Å². The maximum absolute atomic E-state index is 12.3. The molecule has 0 bridgehead atoms. The van der Waals surface area contributed by atoms with Gasteiger partial charge in [0, 0.05) is 18.0 Å². The molecule has 23 heavy (non-hydrogen) atoms. The van der Waals surface area contributed by atoms with Crippen molar-refractivity contribution in [3.05, 3.63) is 41.5 Å². The second kappa shape index (κ2) is 7.07. The Bertz CT molecular complexity index is 575. The zero-order valence-corrected chi connectivity index (χ0v) is 14.8. The molecule has 4 heteroatoms. The smallest absolute Gasteiger partial charge is 0.410 e. The summed E-state index contributed by atoms with van der Waals surface area (Å²) < 4.78 is 10.5. The summed E-state index contributed by atoms with van der Waals surface area (Å²) in [7, 11) is 1.66. The number of rotatable bonds is 4. The number of ether oxygens (including phenoxy) is 2. The van der Waals surface area contributed by atoms with E-state index >= 15 is 0 Å². The lowest BCUT2D eigenvalue weighted by molar-refractivity contribution is 0.0746. The number of carbonyl (C=O) groups is 1. The molecule has 0 saturated carbocycles. The fourth-order valence-corrected chi connectivity index (χ4v) is 3.15. The van der Waals surface area contributed by atoms with Crippen LogP contribution in [0.2, 0.25) is 0 Å². The van der Waals surface area contributed by atoms with Crippen molar-refractivity contribution in [3.8, 4) is 5.75 Å². The quantitative estimate of drug-likeness (QED) is 0.783. The fraction of sp³-hybridized carbons (Fsp3) is 0.526. The number of hydrogen-bond acceptors (Lipinski definition) is 3. The SMILES string of the molecule is CCOC(=O)N1CC=C(C)CC1C(C)(C)c1ccc(OC)cc1. The molecule has 0 aromatic heterocycles. The van der Waals surface area contributed by atoms with Crippen molar-refractivity contribution < 1.29 is 14.3 Å². The van der Waals surface area contributed by atoms with Crippen LogP contribution >= 0.6 is 0 Å². The molecule has 0 radical (unpaired) electrons. The minimum Gasteiger partial charge on any atom is -0.497 e. The first kappa shape index (κ1) is 17.4. The molecule has 1 atom stereocenters. The maximum Gasteiger partial charge on any atom is 0.410 e. The van der Waals surface area contributed by atoms with Crippen LogP contribution in [0, 0.1) is 0 Å². The van der Waals surface area contributed by atoms with Gasteiger partial charge in [0.15, 0.2) is 0 Å². The Labute approximate surface area is 139 Å². The molecule has 1 heterocycles. The zero-order chi connectivity index (χ0) is 17.0. The average molecular weight is 317 g/mol.